The lowest BCUT2D eigenvalue weighted by atomic mass is 9.79. The Morgan fingerprint density at radius 2 is 2.21 bits per heavy atom. The van der Waals surface area contributed by atoms with E-state index in [1.54, 1.807) is 0 Å². The highest BCUT2D eigenvalue weighted by molar-refractivity contribution is 9.10. The third-order valence-electron chi connectivity index (χ3n) is 4.19. The third kappa shape index (κ3) is 1.45. The Morgan fingerprint density at radius 3 is 2.89 bits per heavy atom. The van der Waals surface area contributed by atoms with E-state index in [1.807, 2.05) is 6.07 Å². The van der Waals surface area contributed by atoms with Crippen LogP contribution in [0.5, 0.6) is 0 Å². The van der Waals surface area contributed by atoms with Gasteiger partial charge in [-0.2, -0.15) is 0 Å². The van der Waals surface area contributed by atoms with Crippen LogP contribution in [0.25, 0.3) is 11.3 Å². The number of carbonyl (C=O) groups excluding carboxylic acids is 1. The van der Waals surface area contributed by atoms with Crippen molar-refractivity contribution in [3.8, 4) is 11.3 Å². The Bertz CT molecular complexity index is 716. The van der Waals surface area contributed by atoms with E-state index in [1.165, 1.54) is 5.56 Å². The minimum absolute atomic E-state index is 0.165. The van der Waals surface area contributed by atoms with Gasteiger partial charge < -0.3 is 10.3 Å². The van der Waals surface area contributed by atoms with Crippen molar-refractivity contribution in [1.82, 2.24) is 5.16 Å². The third-order valence-corrected chi connectivity index (χ3v) is 4.68. The molecule has 1 spiro atoms. The van der Waals surface area contributed by atoms with Gasteiger partial charge in [-0.15, -0.1) is 0 Å². The van der Waals surface area contributed by atoms with Crippen LogP contribution in [-0.2, 0) is 11.8 Å². The maximum Gasteiger partial charge on any atom is 0.271 e. The molecule has 0 aliphatic heterocycles. The summed E-state index contributed by atoms with van der Waals surface area (Å²) in [6.07, 6.45) is 3.09. The highest BCUT2D eigenvalue weighted by Gasteiger charge is 2.50. The van der Waals surface area contributed by atoms with Gasteiger partial charge in [-0.05, 0) is 37.0 Å². The highest BCUT2D eigenvalue weighted by Crippen LogP contribution is 2.57. The van der Waals surface area contributed by atoms with Gasteiger partial charge in [-0.3, -0.25) is 4.79 Å². The fraction of sp³-hybridized carbons (Fsp3) is 0.286. The molecule has 0 atom stereocenters. The molecule has 0 saturated heterocycles. The molecule has 2 aliphatic carbocycles. The Kier molecular flexibility index (Phi) is 2.05. The van der Waals surface area contributed by atoms with E-state index < -0.39 is 5.91 Å². The molecule has 1 aromatic heterocycles. The molecule has 0 radical (unpaired) electrons. The molecule has 96 valence electrons. The van der Waals surface area contributed by atoms with Crippen molar-refractivity contribution in [3.63, 3.8) is 0 Å². The summed E-state index contributed by atoms with van der Waals surface area (Å²) < 4.78 is 6.37. The van der Waals surface area contributed by atoms with Crippen molar-refractivity contribution in [2.45, 2.75) is 24.7 Å². The minimum atomic E-state index is -0.515. The van der Waals surface area contributed by atoms with E-state index in [-0.39, 0.29) is 11.1 Å². The molecule has 0 bridgehead atoms. The maximum atomic E-state index is 11.4. The van der Waals surface area contributed by atoms with Crippen LogP contribution in [0.4, 0.5) is 0 Å². The Morgan fingerprint density at radius 1 is 1.42 bits per heavy atom. The number of fused-ring (bicyclic) bond motifs is 4. The normalized spacial score (nSPS) is 17.9. The molecular weight excluding hydrogens is 308 g/mol. The highest BCUT2D eigenvalue weighted by atomic mass is 79.9. The maximum absolute atomic E-state index is 11.4. The molecule has 2 N–H and O–H groups in total. The van der Waals surface area contributed by atoms with Gasteiger partial charge in [0.2, 0.25) is 0 Å². The molecular formula is C14H11BrN2O2. The Labute approximate surface area is 118 Å². The van der Waals surface area contributed by atoms with Gasteiger partial charge in [0.05, 0.1) is 0 Å². The van der Waals surface area contributed by atoms with Gasteiger partial charge in [-0.25, -0.2) is 0 Å². The second-order valence-corrected chi connectivity index (χ2v) is 6.27. The number of rotatable bonds is 1. The molecule has 4 nitrogen and oxygen atoms in total. The number of nitrogens with zero attached hydrogens (tertiary/aromatic N) is 1. The van der Waals surface area contributed by atoms with Crippen molar-refractivity contribution < 1.29 is 9.32 Å². The first-order chi connectivity index (χ1) is 9.11. The van der Waals surface area contributed by atoms with Crippen LogP contribution >= 0.6 is 15.9 Å². The second-order valence-electron chi connectivity index (χ2n) is 5.35. The van der Waals surface area contributed by atoms with Crippen molar-refractivity contribution in [1.29, 1.82) is 0 Å². The van der Waals surface area contributed by atoms with E-state index in [4.69, 9.17) is 10.3 Å². The number of hydrogen-bond donors (Lipinski definition) is 1. The van der Waals surface area contributed by atoms with Crippen molar-refractivity contribution in [2.24, 2.45) is 5.73 Å². The number of halogens is 1. The summed E-state index contributed by atoms with van der Waals surface area (Å²) in [5.74, 6) is 0.182. The van der Waals surface area contributed by atoms with Gasteiger partial charge >= 0.3 is 0 Å². The summed E-state index contributed by atoms with van der Waals surface area (Å²) >= 11 is 3.48. The number of amides is 1. The molecule has 5 heteroatoms. The summed E-state index contributed by atoms with van der Waals surface area (Å²) in [5, 5.41) is 3.85. The van der Waals surface area contributed by atoms with Crippen LogP contribution < -0.4 is 5.73 Å². The van der Waals surface area contributed by atoms with Crippen molar-refractivity contribution >= 4 is 21.8 Å². The Balaban J connectivity index is 2.01. The molecule has 2 aliphatic rings. The van der Waals surface area contributed by atoms with E-state index in [0.29, 0.717) is 5.76 Å². The smallest absolute Gasteiger partial charge is 0.271 e. The Hall–Kier alpha value is -1.62. The predicted octanol–water partition coefficient (Wildman–Crippen LogP) is 2.79. The molecule has 1 fully saturated rings. The van der Waals surface area contributed by atoms with Crippen LogP contribution in [-0.4, -0.2) is 11.1 Å². The van der Waals surface area contributed by atoms with Gasteiger partial charge in [0.15, 0.2) is 11.5 Å². The number of hydrogen-bond acceptors (Lipinski definition) is 3. The van der Waals surface area contributed by atoms with Crippen molar-refractivity contribution in [2.75, 3.05) is 0 Å². The molecule has 2 aromatic rings. The minimum Gasteiger partial charge on any atom is -0.364 e. The monoisotopic (exact) mass is 318 g/mol. The zero-order chi connectivity index (χ0) is 13.2. The van der Waals surface area contributed by atoms with Crippen molar-refractivity contribution in [3.05, 3.63) is 39.5 Å². The van der Waals surface area contributed by atoms with Gasteiger partial charge in [0, 0.05) is 21.0 Å². The van der Waals surface area contributed by atoms with E-state index in [0.717, 1.165) is 34.9 Å². The SMILES string of the molecule is NC(=O)c1noc2c1CC1(CC1)c1ccc(Br)cc1-2. The quantitative estimate of drug-likeness (QED) is 0.879. The zero-order valence-electron chi connectivity index (χ0n) is 10.1. The summed E-state index contributed by atoms with van der Waals surface area (Å²) in [5.41, 5.74) is 9.03. The molecule has 1 saturated carbocycles. The molecule has 4 rings (SSSR count). The first-order valence-electron chi connectivity index (χ1n) is 6.19. The second kappa shape index (κ2) is 3.48. The number of aromatic nitrogens is 1. The van der Waals surface area contributed by atoms with Crippen LogP contribution in [0.2, 0.25) is 0 Å². The van der Waals surface area contributed by atoms with Gasteiger partial charge in [-0.1, -0.05) is 27.2 Å². The van der Waals surface area contributed by atoms with Gasteiger partial charge in [0.1, 0.15) is 0 Å². The average Bonchev–Trinajstić information content (AvgIpc) is 2.99. The topological polar surface area (TPSA) is 69.1 Å². The van der Waals surface area contributed by atoms with E-state index in [9.17, 15) is 4.79 Å². The van der Waals surface area contributed by atoms with Crippen LogP contribution in [0.15, 0.2) is 27.2 Å². The van der Waals surface area contributed by atoms with Crippen LogP contribution in [0.1, 0.15) is 34.5 Å². The van der Waals surface area contributed by atoms with E-state index >= 15 is 0 Å². The summed E-state index contributed by atoms with van der Waals surface area (Å²) in [6.45, 7) is 0. The molecule has 1 amide bonds. The molecule has 1 heterocycles. The zero-order valence-corrected chi connectivity index (χ0v) is 11.7. The first kappa shape index (κ1) is 11.2. The van der Waals surface area contributed by atoms with E-state index in [2.05, 4.69) is 33.2 Å². The molecule has 0 unspecified atom stereocenters. The van der Waals surface area contributed by atoms with Gasteiger partial charge in [0.25, 0.3) is 5.91 Å². The lowest BCUT2D eigenvalue weighted by Crippen LogP contribution is -2.21. The van der Waals surface area contributed by atoms with Crippen LogP contribution in [0, 0.1) is 0 Å². The summed E-state index contributed by atoms with van der Waals surface area (Å²) in [7, 11) is 0. The molecule has 1 aromatic carbocycles. The lowest BCUT2D eigenvalue weighted by molar-refractivity contribution is 0.0991. The van der Waals surface area contributed by atoms with Crippen LogP contribution in [0.3, 0.4) is 0 Å². The summed E-state index contributed by atoms with van der Waals surface area (Å²) in [4.78, 5) is 11.4. The number of carbonyl (C=O) groups is 1. The number of benzene rings is 1. The number of nitrogens with two attached hydrogens (primary N) is 1. The number of primary amides is 1. The fourth-order valence-electron chi connectivity index (χ4n) is 3.08. The average molecular weight is 319 g/mol. The largest absolute Gasteiger partial charge is 0.364 e. The predicted molar refractivity (Wildman–Crippen MR) is 72.8 cm³/mol. The fourth-order valence-corrected chi connectivity index (χ4v) is 3.44. The first-order valence-corrected chi connectivity index (χ1v) is 6.99. The molecule has 19 heavy (non-hydrogen) atoms. The lowest BCUT2D eigenvalue weighted by Gasteiger charge is -2.24. The summed E-state index contributed by atoms with van der Waals surface area (Å²) in [6, 6.07) is 6.22. The standard InChI is InChI=1S/C14H11BrN2O2/c15-7-1-2-10-8(5-7)12-9(6-14(10)3-4-14)11(13(16)18)17-19-12/h1-2,5H,3-4,6H2,(H2,16,18).